The molecule has 0 spiro atoms. The fraction of sp³-hybridized carbons (Fsp3) is 0.500. The van der Waals surface area contributed by atoms with Crippen LogP contribution in [0.5, 0.6) is 0 Å². The second-order valence-corrected chi connectivity index (χ2v) is 6.27. The molecule has 0 radical (unpaired) electrons. The third kappa shape index (κ3) is 2.45. The van der Waals surface area contributed by atoms with Crippen LogP contribution in [0.1, 0.15) is 39.5 Å². The van der Waals surface area contributed by atoms with Gasteiger partial charge in [0.1, 0.15) is 0 Å². The van der Waals surface area contributed by atoms with Crippen molar-refractivity contribution < 1.29 is 0 Å². The third-order valence-electron chi connectivity index (χ3n) is 5.45. The average Bonchev–Trinajstić information content (AvgIpc) is 2.56. The molecule has 0 unspecified atom stereocenters. The lowest BCUT2D eigenvalue weighted by Crippen LogP contribution is -2.39. The lowest BCUT2D eigenvalue weighted by Gasteiger charge is -2.42. The highest BCUT2D eigenvalue weighted by atomic mass is 15.1. The Morgan fingerprint density at radius 2 is 1.86 bits per heavy atom. The van der Waals surface area contributed by atoms with Gasteiger partial charge in [-0.2, -0.15) is 0 Å². The number of piperidine rings is 1. The highest BCUT2D eigenvalue weighted by Gasteiger charge is 2.31. The van der Waals surface area contributed by atoms with E-state index >= 15 is 0 Å². The molecule has 1 aliphatic heterocycles. The van der Waals surface area contributed by atoms with Gasteiger partial charge in [-0.15, -0.1) is 0 Å². The Kier molecular flexibility index (Phi) is 3.75. The van der Waals surface area contributed by atoms with E-state index in [4.69, 9.17) is 5.73 Å². The molecule has 21 heavy (non-hydrogen) atoms. The van der Waals surface area contributed by atoms with Gasteiger partial charge in [0, 0.05) is 30.4 Å². The zero-order valence-corrected chi connectivity index (χ0v) is 13.1. The monoisotopic (exact) mass is 283 g/mol. The van der Waals surface area contributed by atoms with Gasteiger partial charge >= 0.3 is 0 Å². The number of fused-ring (bicyclic) bond motifs is 1. The molecule has 1 fully saturated rings. The largest absolute Gasteiger partial charge is 0.398 e. The first-order valence-corrected chi connectivity index (χ1v) is 8.07. The second kappa shape index (κ2) is 5.55. The van der Waals surface area contributed by atoms with Crippen molar-refractivity contribution in [2.24, 2.45) is 5.41 Å². The van der Waals surface area contributed by atoms with E-state index < -0.39 is 0 Å². The lowest BCUT2D eigenvalue weighted by molar-refractivity contribution is 0.200. The summed E-state index contributed by atoms with van der Waals surface area (Å²) in [5.74, 6) is 0. The van der Waals surface area contributed by atoms with Crippen LogP contribution in [0.15, 0.2) is 30.5 Å². The maximum Gasteiger partial charge on any atom is 0.0955 e. The first-order chi connectivity index (χ1) is 10.2. The Morgan fingerprint density at radius 3 is 2.52 bits per heavy atom. The minimum Gasteiger partial charge on any atom is -0.398 e. The summed E-state index contributed by atoms with van der Waals surface area (Å²) in [5.41, 5.74) is 9.72. The van der Waals surface area contributed by atoms with Crippen LogP contribution in [0, 0.1) is 5.41 Å². The van der Waals surface area contributed by atoms with E-state index in [0.29, 0.717) is 5.41 Å². The van der Waals surface area contributed by atoms with Gasteiger partial charge in [-0.1, -0.05) is 26.7 Å². The maximum atomic E-state index is 6.08. The number of nitrogens with zero attached hydrogens (tertiary/aromatic N) is 2. The minimum absolute atomic E-state index is 0.549. The highest BCUT2D eigenvalue weighted by molar-refractivity contribution is 5.98. The number of rotatable bonds is 3. The van der Waals surface area contributed by atoms with Gasteiger partial charge in [0.05, 0.1) is 11.2 Å². The van der Waals surface area contributed by atoms with E-state index in [0.717, 1.165) is 29.7 Å². The summed E-state index contributed by atoms with van der Waals surface area (Å²) >= 11 is 0. The highest BCUT2D eigenvalue weighted by Crippen LogP contribution is 2.40. The molecule has 0 amide bonds. The summed E-state index contributed by atoms with van der Waals surface area (Å²) in [4.78, 5) is 7.06. The van der Waals surface area contributed by atoms with Gasteiger partial charge in [0.25, 0.3) is 0 Å². The van der Waals surface area contributed by atoms with Crippen LogP contribution < -0.4 is 10.6 Å². The summed E-state index contributed by atoms with van der Waals surface area (Å²) in [6.45, 7) is 6.91. The molecule has 2 aromatic rings. The van der Waals surface area contributed by atoms with Crippen LogP contribution >= 0.6 is 0 Å². The molecule has 0 bridgehead atoms. The summed E-state index contributed by atoms with van der Waals surface area (Å²) < 4.78 is 0. The van der Waals surface area contributed by atoms with E-state index in [1.165, 1.54) is 31.4 Å². The zero-order chi connectivity index (χ0) is 14.9. The number of aromatic nitrogens is 1. The maximum absolute atomic E-state index is 6.08. The first kappa shape index (κ1) is 14.2. The average molecular weight is 283 g/mol. The van der Waals surface area contributed by atoms with Crippen LogP contribution in [0.2, 0.25) is 0 Å². The van der Waals surface area contributed by atoms with Gasteiger partial charge < -0.3 is 10.6 Å². The molecule has 2 N–H and O–H groups in total. The third-order valence-corrected chi connectivity index (χ3v) is 5.45. The quantitative estimate of drug-likeness (QED) is 0.857. The second-order valence-electron chi connectivity index (χ2n) is 6.27. The van der Waals surface area contributed by atoms with Crippen molar-refractivity contribution in [2.45, 2.75) is 39.5 Å². The Labute approximate surface area is 127 Å². The van der Waals surface area contributed by atoms with E-state index in [1.807, 2.05) is 18.3 Å². The molecule has 1 saturated heterocycles. The molecule has 0 atom stereocenters. The van der Waals surface area contributed by atoms with Crippen LogP contribution in [0.25, 0.3) is 10.9 Å². The first-order valence-electron chi connectivity index (χ1n) is 8.07. The number of anilines is 2. The molecule has 112 valence electrons. The van der Waals surface area contributed by atoms with Gasteiger partial charge in [-0.3, -0.25) is 4.98 Å². The SMILES string of the molecule is CCC1(CC)CCN(c2ccc(N)c3cccnc23)CC1. The fourth-order valence-electron chi connectivity index (χ4n) is 3.61. The topological polar surface area (TPSA) is 42.1 Å². The van der Waals surface area contributed by atoms with Crippen molar-refractivity contribution in [1.82, 2.24) is 4.98 Å². The number of pyridine rings is 1. The normalized spacial score (nSPS) is 18.1. The van der Waals surface area contributed by atoms with Gasteiger partial charge in [-0.25, -0.2) is 0 Å². The molecule has 3 nitrogen and oxygen atoms in total. The van der Waals surface area contributed by atoms with E-state index in [9.17, 15) is 0 Å². The van der Waals surface area contributed by atoms with Crippen LogP contribution in [-0.4, -0.2) is 18.1 Å². The number of benzene rings is 1. The van der Waals surface area contributed by atoms with E-state index in [1.54, 1.807) is 0 Å². The fourth-order valence-corrected chi connectivity index (χ4v) is 3.61. The number of nitrogen functional groups attached to an aromatic ring is 1. The molecule has 0 saturated carbocycles. The van der Waals surface area contributed by atoms with Crippen molar-refractivity contribution in [2.75, 3.05) is 23.7 Å². The molecular formula is C18H25N3. The molecule has 1 aromatic heterocycles. The molecule has 2 heterocycles. The van der Waals surface area contributed by atoms with Crippen molar-refractivity contribution in [1.29, 1.82) is 0 Å². The zero-order valence-electron chi connectivity index (χ0n) is 13.1. The Hall–Kier alpha value is -1.77. The molecule has 3 rings (SSSR count). The predicted octanol–water partition coefficient (Wildman–Crippen LogP) is 4.22. The van der Waals surface area contributed by atoms with Crippen molar-refractivity contribution >= 4 is 22.3 Å². The minimum atomic E-state index is 0.549. The smallest absolute Gasteiger partial charge is 0.0955 e. The van der Waals surface area contributed by atoms with Crippen LogP contribution in [-0.2, 0) is 0 Å². The number of hydrogen-bond donors (Lipinski definition) is 1. The molecule has 1 aromatic carbocycles. The Balaban J connectivity index is 1.91. The summed E-state index contributed by atoms with van der Waals surface area (Å²) in [6, 6.07) is 8.17. The Morgan fingerprint density at radius 1 is 1.14 bits per heavy atom. The van der Waals surface area contributed by atoms with E-state index in [-0.39, 0.29) is 0 Å². The summed E-state index contributed by atoms with van der Waals surface area (Å²) in [5, 5.41) is 1.07. The standard InChI is InChI=1S/C18H25N3/c1-3-18(4-2)9-12-21(13-10-18)16-8-7-15(19)14-6-5-11-20-17(14)16/h5-8,11H,3-4,9-10,12-13,19H2,1-2H3. The van der Waals surface area contributed by atoms with Gasteiger partial charge in [0.2, 0.25) is 0 Å². The summed E-state index contributed by atoms with van der Waals surface area (Å²) in [6.07, 6.45) is 6.99. The van der Waals surface area contributed by atoms with Crippen LogP contribution in [0.3, 0.4) is 0 Å². The van der Waals surface area contributed by atoms with Gasteiger partial charge in [0.15, 0.2) is 0 Å². The lowest BCUT2D eigenvalue weighted by atomic mass is 9.74. The predicted molar refractivity (Wildman–Crippen MR) is 90.6 cm³/mol. The number of hydrogen-bond acceptors (Lipinski definition) is 3. The number of nitrogens with two attached hydrogens (primary N) is 1. The molecular weight excluding hydrogens is 258 g/mol. The van der Waals surface area contributed by atoms with Gasteiger partial charge in [-0.05, 0) is 42.5 Å². The van der Waals surface area contributed by atoms with Crippen molar-refractivity contribution in [3.8, 4) is 0 Å². The van der Waals surface area contributed by atoms with Crippen molar-refractivity contribution in [3.05, 3.63) is 30.5 Å². The van der Waals surface area contributed by atoms with E-state index in [2.05, 4.69) is 35.9 Å². The molecule has 3 heteroatoms. The summed E-state index contributed by atoms with van der Waals surface area (Å²) in [7, 11) is 0. The Bertz CT molecular complexity index is 621. The molecule has 1 aliphatic rings. The van der Waals surface area contributed by atoms with Crippen molar-refractivity contribution in [3.63, 3.8) is 0 Å². The molecule has 0 aliphatic carbocycles. The van der Waals surface area contributed by atoms with Crippen LogP contribution in [0.4, 0.5) is 11.4 Å².